The standard InChI is InChI=1S/C25H35N7O5/c1-30(19-8-10-31(11-9-19)16-20(33)36-3)14-17-4-6-18(7-5-17)15-32-23-21(27-25(32)34)22(26)28-24(29-23)37-13-12-35-2/h4-7,19H,8-16H2,1-3H3,(H,27,34)(H2,26,28,29). The molecule has 0 saturated carbocycles. The van der Waals surface area contributed by atoms with Gasteiger partial charge in [-0.3, -0.25) is 19.2 Å². The molecule has 1 fully saturated rings. The van der Waals surface area contributed by atoms with Gasteiger partial charge in [0.15, 0.2) is 11.5 Å². The van der Waals surface area contributed by atoms with Gasteiger partial charge in [-0.1, -0.05) is 24.3 Å². The number of imidazole rings is 1. The van der Waals surface area contributed by atoms with Crippen LogP contribution in [0, 0.1) is 0 Å². The van der Waals surface area contributed by atoms with Gasteiger partial charge >= 0.3 is 17.7 Å². The summed E-state index contributed by atoms with van der Waals surface area (Å²) in [6.07, 6.45) is 2.02. The van der Waals surface area contributed by atoms with Crippen molar-refractivity contribution in [1.82, 2.24) is 29.3 Å². The first kappa shape index (κ1) is 26.6. The summed E-state index contributed by atoms with van der Waals surface area (Å²) in [5.41, 5.74) is 8.65. The van der Waals surface area contributed by atoms with Crippen LogP contribution in [0.5, 0.6) is 6.01 Å². The van der Waals surface area contributed by atoms with E-state index in [2.05, 4.69) is 43.9 Å². The third-order valence-corrected chi connectivity index (χ3v) is 6.71. The predicted octanol–water partition coefficient (Wildman–Crippen LogP) is 0.845. The van der Waals surface area contributed by atoms with Crippen LogP contribution in [-0.4, -0.2) is 95.4 Å². The third-order valence-electron chi connectivity index (χ3n) is 6.71. The number of nitrogens with zero attached hydrogens (tertiary/aromatic N) is 5. The number of carbonyl (C=O) groups is 1. The molecule has 12 nitrogen and oxygen atoms in total. The monoisotopic (exact) mass is 513 g/mol. The van der Waals surface area contributed by atoms with E-state index in [-0.39, 0.29) is 30.1 Å². The minimum atomic E-state index is -0.313. The number of likely N-dealkylation sites (tertiary alicyclic amines) is 1. The zero-order valence-corrected chi connectivity index (χ0v) is 21.6. The smallest absolute Gasteiger partial charge is 0.328 e. The zero-order valence-electron chi connectivity index (χ0n) is 21.6. The molecule has 0 unspecified atom stereocenters. The van der Waals surface area contributed by atoms with Gasteiger partial charge in [0, 0.05) is 32.8 Å². The Morgan fingerprint density at radius 1 is 1.14 bits per heavy atom. The summed E-state index contributed by atoms with van der Waals surface area (Å²) in [7, 11) is 5.14. The fourth-order valence-electron chi connectivity index (χ4n) is 4.57. The largest absolute Gasteiger partial charge is 0.468 e. The molecule has 3 heterocycles. The summed E-state index contributed by atoms with van der Waals surface area (Å²) < 4.78 is 16.8. The second-order valence-electron chi connectivity index (χ2n) is 9.26. The molecule has 12 heteroatoms. The van der Waals surface area contributed by atoms with Crippen LogP contribution in [0.4, 0.5) is 5.82 Å². The van der Waals surface area contributed by atoms with Gasteiger partial charge < -0.3 is 24.9 Å². The van der Waals surface area contributed by atoms with Gasteiger partial charge in [-0.05, 0) is 31.0 Å². The molecule has 0 amide bonds. The van der Waals surface area contributed by atoms with Crippen molar-refractivity contribution >= 4 is 23.0 Å². The van der Waals surface area contributed by atoms with Gasteiger partial charge in [-0.15, -0.1) is 0 Å². The van der Waals surface area contributed by atoms with Crippen LogP contribution in [0.25, 0.3) is 11.2 Å². The van der Waals surface area contributed by atoms with E-state index >= 15 is 0 Å². The molecule has 0 atom stereocenters. The number of aromatic nitrogens is 4. The lowest BCUT2D eigenvalue weighted by Crippen LogP contribution is -2.44. The van der Waals surface area contributed by atoms with E-state index in [1.54, 1.807) is 7.11 Å². The molecule has 1 aliphatic rings. The Morgan fingerprint density at radius 3 is 2.51 bits per heavy atom. The summed E-state index contributed by atoms with van der Waals surface area (Å²) in [6, 6.07) is 8.77. The Labute approximate surface area is 215 Å². The number of aromatic amines is 1. The summed E-state index contributed by atoms with van der Waals surface area (Å²) >= 11 is 0. The maximum absolute atomic E-state index is 12.6. The van der Waals surface area contributed by atoms with E-state index in [0.717, 1.165) is 38.0 Å². The number of piperidine rings is 1. The molecule has 3 N–H and O–H groups in total. The highest BCUT2D eigenvalue weighted by atomic mass is 16.5. The number of nitrogens with one attached hydrogen (secondary N) is 1. The maximum Gasteiger partial charge on any atom is 0.328 e. The number of benzene rings is 1. The van der Waals surface area contributed by atoms with Crippen molar-refractivity contribution < 1.29 is 19.0 Å². The Balaban J connectivity index is 1.38. The molecule has 0 bridgehead atoms. The van der Waals surface area contributed by atoms with Crippen molar-refractivity contribution in [2.24, 2.45) is 0 Å². The number of ether oxygens (including phenoxy) is 3. The summed E-state index contributed by atoms with van der Waals surface area (Å²) in [4.78, 5) is 39.9. The van der Waals surface area contributed by atoms with Crippen molar-refractivity contribution in [2.75, 3.05) is 59.8 Å². The highest BCUT2D eigenvalue weighted by molar-refractivity contribution is 5.81. The number of nitrogen functional groups attached to an aromatic ring is 1. The molecule has 37 heavy (non-hydrogen) atoms. The van der Waals surface area contributed by atoms with Crippen LogP contribution >= 0.6 is 0 Å². The fraction of sp³-hybridized carbons (Fsp3) is 0.520. The average molecular weight is 514 g/mol. The molecular weight excluding hydrogens is 478 g/mol. The van der Waals surface area contributed by atoms with Crippen LogP contribution in [0.15, 0.2) is 29.1 Å². The number of methoxy groups -OCH3 is 2. The van der Waals surface area contributed by atoms with E-state index in [0.29, 0.717) is 36.9 Å². The van der Waals surface area contributed by atoms with Crippen LogP contribution in [0.1, 0.15) is 24.0 Å². The minimum absolute atomic E-state index is 0.101. The van der Waals surface area contributed by atoms with E-state index in [1.807, 2.05) is 12.1 Å². The number of hydrogen-bond donors (Lipinski definition) is 2. The average Bonchev–Trinajstić information content (AvgIpc) is 3.21. The summed E-state index contributed by atoms with van der Waals surface area (Å²) in [6.45, 7) is 3.94. The quantitative estimate of drug-likeness (QED) is 0.280. The molecule has 0 radical (unpaired) electrons. The predicted molar refractivity (Wildman–Crippen MR) is 138 cm³/mol. The van der Waals surface area contributed by atoms with Crippen LogP contribution in [0.2, 0.25) is 0 Å². The first-order valence-electron chi connectivity index (χ1n) is 12.3. The second kappa shape index (κ2) is 12.2. The number of nitrogens with two attached hydrogens (primary N) is 1. The Bertz CT molecular complexity index is 1250. The van der Waals surface area contributed by atoms with Crippen molar-refractivity contribution in [2.45, 2.75) is 32.0 Å². The highest BCUT2D eigenvalue weighted by Crippen LogP contribution is 2.20. The number of hydrogen-bond acceptors (Lipinski definition) is 10. The van der Waals surface area contributed by atoms with E-state index in [4.69, 9.17) is 19.9 Å². The second-order valence-corrected chi connectivity index (χ2v) is 9.26. The van der Waals surface area contributed by atoms with Crippen LogP contribution < -0.4 is 16.2 Å². The van der Waals surface area contributed by atoms with Gasteiger partial charge in [0.2, 0.25) is 0 Å². The number of esters is 1. The molecule has 1 aliphatic heterocycles. The number of H-pyrrole nitrogens is 1. The molecule has 1 saturated heterocycles. The molecule has 4 rings (SSSR count). The van der Waals surface area contributed by atoms with Crippen molar-refractivity contribution in [1.29, 1.82) is 0 Å². The highest BCUT2D eigenvalue weighted by Gasteiger charge is 2.24. The number of anilines is 1. The normalized spacial score (nSPS) is 14.9. The van der Waals surface area contributed by atoms with Crippen molar-refractivity contribution in [3.63, 3.8) is 0 Å². The van der Waals surface area contributed by atoms with Crippen LogP contribution in [0.3, 0.4) is 0 Å². The maximum atomic E-state index is 12.6. The number of fused-ring (bicyclic) bond motifs is 1. The van der Waals surface area contributed by atoms with E-state index < -0.39 is 0 Å². The van der Waals surface area contributed by atoms with Gasteiger partial charge in [-0.25, -0.2) is 4.79 Å². The zero-order chi connectivity index (χ0) is 26.4. The fourth-order valence-corrected chi connectivity index (χ4v) is 4.57. The molecule has 200 valence electrons. The minimum Gasteiger partial charge on any atom is -0.468 e. The van der Waals surface area contributed by atoms with Gasteiger partial charge in [0.05, 0.1) is 26.8 Å². The molecule has 0 aliphatic carbocycles. The lowest BCUT2D eigenvalue weighted by molar-refractivity contribution is -0.142. The topological polar surface area (TPSA) is 141 Å². The molecular formula is C25H35N7O5. The van der Waals surface area contributed by atoms with E-state index in [1.165, 1.54) is 17.2 Å². The Hall–Kier alpha value is -3.48. The lowest BCUT2D eigenvalue weighted by atomic mass is 10.0. The Kier molecular flexibility index (Phi) is 8.74. The van der Waals surface area contributed by atoms with Crippen molar-refractivity contribution in [3.8, 4) is 6.01 Å². The SMILES string of the molecule is COCCOc1nc(N)c2[nH]c(=O)n(Cc3ccc(CN(C)C4CCN(CC(=O)OC)CC4)cc3)c2n1. The third kappa shape index (κ3) is 6.64. The van der Waals surface area contributed by atoms with E-state index in [9.17, 15) is 9.59 Å². The summed E-state index contributed by atoms with van der Waals surface area (Å²) in [5.74, 6) is -0.0312. The molecule has 2 aromatic heterocycles. The Morgan fingerprint density at radius 2 is 1.84 bits per heavy atom. The van der Waals surface area contributed by atoms with Crippen LogP contribution in [-0.2, 0) is 27.4 Å². The first-order chi connectivity index (χ1) is 17.9. The summed E-state index contributed by atoms with van der Waals surface area (Å²) in [5, 5.41) is 0. The molecule has 0 spiro atoms. The van der Waals surface area contributed by atoms with Gasteiger partial charge in [-0.2, -0.15) is 9.97 Å². The van der Waals surface area contributed by atoms with Gasteiger partial charge in [0.1, 0.15) is 12.1 Å². The first-order valence-corrected chi connectivity index (χ1v) is 12.3. The van der Waals surface area contributed by atoms with Crippen molar-refractivity contribution in [3.05, 3.63) is 45.9 Å². The molecule has 3 aromatic rings. The molecule has 1 aromatic carbocycles. The lowest BCUT2D eigenvalue weighted by Gasteiger charge is -2.36. The number of carbonyl (C=O) groups excluding carboxylic acids is 1. The number of rotatable bonds is 11. The van der Waals surface area contributed by atoms with Gasteiger partial charge in [0.25, 0.3) is 0 Å².